The fourth-order valence-electron chi connectivity index (χ4n) is 0.562. The van der Waals surface area contributed by atoms with Gasteiger partial charge in [-0.15, -0.1) is 18.8 Å². The summed E-state index contributed by atoms with van der Waals surface area (Å²) in [6.45, 7) is 2.47. The Morgan fingerprint density at radius 2 is 1.79 bits per heavy atom. The van der Waals surface area contributed by atoms with E-state index in [-0.39, 0.29) is 38.6 Å². The number of allylic oxidation sites excluding steroid dienone is 4. The third-order valence-electron chi connectivity index (χ3n) is 0.901. The average Bonchev–Trinajstić information content (AvgIpc) is 2.36. The van der Waals surface area contributed by atoms with Crippen LogP contribution in [0.1, 0.15) is 20.3 Å². The van der Waals surface area contributed by atoms with Gasteiger partial charge in [0.2, 0.25) is 0 Å². The third kappa shape index (κ3) is 17.8. The molecule has 76 valence electrons. The number of amides is 2. The summed E-state index contributed by atoms with van der Waals surface area (Å²) in [5.74, 6) is -0.875. The summed E-state index contributed by atoms with van der Waals surface area (Å²) < 4.78 is 0. The first kappa shape index (κ1) is 19.4. The Labute approximate surface area is 110 Å². The Kier molecular flexibility index (Phi) is 17.7. The predicted octanol–water partition coefficient (Wildman–Crippen LogP) is 2.18. The molecule has 2 amide bonds. The number of carbonyl (C=O) groups excluding carboxylic acids is 2. The monoisotopic (exact) mass is 291 g/mol. The van der Waals surface area contributed by atoms with Gasteiger partial charge in [0.25, 0.3) is 0 Å². The van der Waals surface area contributed by atoms with E-state index in [0.29, 0.717) is 0 Å². The van der Waals surface area contributed by atoms with Gasteiger partial charge in [-0.05, 0) is 13.8 Å². The zero-order chi connectivity index (χ0) is 9.40. The summed E-state index contributed by atoms with van der Waals surface area (Å²) in [5.41, 5.74) is 0. The Morgan fingerprint density at radius 1 is 1.29 bits per heavy atom. The normalized spacial score (nSPS) is 10.1. The summed E-state index contributed by atoms with van der Waals surface area (Å²) in [7, 11) is 0. The minimum absolute atomic E-state index is 0. The van der Waals surface area contributed by atoms with Crippen LogP contribution in [0.5, 0.6) is 0 Å². The molecule has 3 nitrogen and oxygen atoms in total. The number of hydrogen-bond acceptors (Lipinski definition) is 2. The molecule has 0 radical (unpaired) electrons. The maximum Gasteiger partial charge on any atom is 2.00 e. The first-order chi connectivity index (χ1) is 5.63. The van der Waals surface area contributed by atoms with E-state index in [2.05, 4.69) is 17.5 Å². The minimum atomic E-state index is -0.437. The van der Waals surface area contributed by atoms with Crippen LogP contribution in [0, 0.1) is 6.08 Å². The van der Waals surface area contributed by atoms with Crippen LogP contribution in [0.2, 0.25) is 0 Å². The molecule has 0 aromatic rings. The largest absolute Gasteiger partial charge is 2.00 e. The van der Waals surface area contributed by atoms with Crippen molar-refractivity contribution in [3.63, 3.8) is 0 Å². The number of hydrogen-bond donors (Lipinski definition) is 0. The number of imide groups is 1. The third-order valence-corrected chi connectivity index (χ3v) is 0.901. The summed E-state index contributed by atoms with van der Waals surface area (Å²) in [5, 5.41) is 3.00. The van der Waals surface area contributed by atoms with Crippen molar-refractivity contribution in [3.8, 4) is 0 Å². The number of rotatable bonds is 0. The van der Waals surface area contributed by atoms with Crippen molar-refractivity contribution >= 4 is 24.2 Å². The van der Waals surface area contributed by atoms with Gasteiger partial charge in [-0.25, -0.2) is 12.2 Å². The van der Waals surface area contributed by atoms with E-state index in [1.165, 1.54) is 13.8 Å². The molecule has 1 aliphatic rings. The molecule has 1 aliphatic carbocycles. The van der Waals surface area contributed by atoms with E-state index >= 15 is 0 Å². The van der Waals surface area contributed by atoms with Crippen molar-refractivity contribution in [2.75, 3.05) is 0 Å². The van der Waals surface area contributed by atoms with Gasteiger partial charge in [0.15, 0.2) is 0 Å². The Balaban J connectivity index is -0.000000155. The molecular formula is C9H12ClNO2Zr. The molecule has 0 aromatic heterocycles. The van der Waals surface area contributed by atoms with Crippen LogP contribution in [-0.4, -0.2) is 11.8 Å². The van der Waals surface area contributed by atoms with Gasteiger partial charge >= 0.3 is 26.2 Å². The second-order valence-electron chi connectivity index (χ2n) is 2.15. The van der Waals surface area contributed by atoms with Gasteiger partial charge in [-0.1, -0.05) is 0 Å². The topological polar surface area (TPSA) is 48.2 Å². The Bertz CT molecular complexity index is 205. The second-order valence-corrected chi connectivity index (χ2v) is 2.15. The van der Waals surface area contributed by atoms with E-state index in [1.54, 1.807) is 0 Å². The molecular weight excluding hydrogens is 281 g/mol. The molecule has 1 rings (SSSR count). The standard InChI is InChI=1S/C5H5.C4H7NO2.ClH.Zr/c1-2-4-5-3-1;1-3(6)5-4(2)7;;/h1-3H,4H2;1-2H3,(H,5,6,7);1H;/q-1;;;+2/p-1. The molecule has 0 heterocycles. The van der Waals surface area contributed by atoms with Crippen molar-refractivity contribution < 1.29 is 35.8 Å². The summed E-state index contributed by atoms with van der Waals surface area (Å²) in [6.07, 6.45) is 10.0. The number of halogens is 1. The van der Waals surface area contributed by atoms with Crippen LogP contribution in [-0.2, 0) is 35.8 Å². The second kappa shape index (κ2) is 12.8. The fourth-order valence-corrected chi connectivity index (χ4v) is 0.562. The average molecular weight is 293 g/mol. The van der Waals surface area contributed by atoms with Crippen LogP contribution < -0.4 is 0 Å². The first-order valence-electron chi connectivity index (χ1n) is 3.57. The predicted molar refractivity (Wildman–Crippen MR) is 53.5 cm³/mol. The van der Waals surface area contributed by atoms with E-state index in [9.17, 15) is 9.59 Å². The van der Waals surface area contributed by atoms with Gasteiger partial charge in [0.05, 0.1) is 11.8 Å². The van der Waals surface area contributed by atoms with Crippen molar-refractivity contribution in [1.29, 1.82) is 0 Å². The zero-order valence-electron chi connectivity index (χ0n) is 8.11. The first-order valence-corrected chi connectivity index (χ1v) is 3.57. The molecule has 0 bridgehead atoms. The molecule has 0 saturated carbocycles. The summed E-state index contributed by atoms with van der Waals surface area (Å²) >= 11 is 0. The van der Waals surface area contributed by atoms with E-state index in [0.717, 1.165) is 6.42 Å². The smallest absolute Gasteiger partial charge is 0.596 e. The molecule has 0 spiro atoms. The van der Waals surface area contributed by atoms with Gasteiger partial charge < -0.3 is 14.9 Å². The quantitative estimate of drug-likeness (QED) is 0.643. The van der Waals surface area contributed by atoms with Gasteiger partial charge in [0.1, 0.15) is 0 Å². The summed E-state index contributed by atoms with van der Waals surface area (Å²) in [4.78, 5) is 19.7. The van der Waals surface area contributed by atoms with Crippen molar-refractivity contribution in [2.24, 2.45) is 0 Å². The van der Waals surface area contributed by atoms with E-state index in [4.69, 9.17) is 0 Å². The molecule has 0 saturated heterocycles. The Morgan fingerprint density at radius 3 is 1.86 bits per heavy atom. The number of carbonyl (C=O) groups is 2. The molecule has 0 unspecified atom stereocenters. The maximum absolute atomic E-state index is 9.87. The number of nitrogens with zero attached hydrogens (tertiary/aromatic N) is 1. The minimum Gasteiger partial charge on any atom is -0.596 e. The van der Waals surface area contributed by atoms with Crippen LogP contribution in [0.15, 0.2) is 18.2 Å². The molecule has 0 N–H and O–H groups in total. The van der Waals surface area contributed by atoms with E-state index < -0.39 is 11.8 Å². The fraction of sp³-hybridized carbons (Fsp3) is 0.333. The molecule has 0 atom stereocenters. The van der Waals surface area contributed by atoms with Gasteiger partial charge in [-0.3, -0.25) is 6.08 Å². The molecule has 0 aliphatic heterocycles. The zero-order valence-corrected chi connectivity index (χ0v) is 11.4. The molecule has 14 heavy (non-hydrogen) atoms. The van der Waals surface area contributed by atoms with Crippen LogP contribution in [0.4, 0.5) is 0 Å². The van der Waals surface area contributed by atoms with Gasteiger partial charge in [0, 0.05) is 0 Å². The van der Waals surface area contributed by atoms with Crippen molar-refractivity contribution in [3.05, 3.63) is 29.6 Å². The van der Waals surface area contributed by atoms with E-state index in [1.807, 2.05) is 12.2 Å². The SMILES string of the molecule is CC(=O)[N-]C(C)=O.Cl.[C-]1=CC=CC1.[Zr+2]. The Hall–Kier alpha value is -0.207. The van der Waals surface area contributed by atoms with Gasteiger partial charge in [-0.2, -0.15) is 6.08 Å². The van der Waals surface area contributed by atoms with Crippen LogP contribution in [0.3, 0.4) is 0 Å². The molecule has 0 aromatic carbocycles. The van der Waals surface area contributed by atoms with Crippen molar-refractivity contribution in [1.82, 2.24) is 0 Å². The summed E-state index contributed by atoms with van der Waals surface area (Å²) in [6, 6.07) is 0. The van der Waals surface area contributed by atoms with Crippen LogP contribution in [0.25, 0.3) is 5.32 Å². The molecule has 0 fully saturated rings. The van der Waals surface area contributed by atoms with Crippen LogP contribution >= 0.6 is 12.4 Å². The van der Waals surface area contributed by atoms with Crippen molar-refractivity contribution in [2.45, 2.75) is 20.3 Å². The molecule has 5 heteroatoms. The maximum atomic E-state index is 9.87.